The first kappa shape index (κ1) is 20.0. The highest BCUT2D eigenvalue weighted by molar-refractivity contribution is 7.89. The summed E-state index contributed by atoms with van der Waals surface area (Å²) in [7, 11) is 1.44. The molecule has 0 amide bonds. The Bertz CT molecular complexity index is 644. The zero-order valence-electron chi connectivity index (χ0n) is 15.2. The lowest BCUT2D eigenvalue weighted by atomic mass is 10.2. The van der Waals surface area contributed by atoms with Gasteiger partial charge in [-0.1, -0.05) is 6.07 Å². The van der Waals surface area contributed by atoms with Crippen molar-refractivity contribution in [1.82, 2.24) is 9.21 Å². The summed E-state index contributed by atoms with van der Waals surface area (Å²) in [5, 5.41) is 0. The van der Waals surface area contributed by atoms with E-state index in [0.717, 1.165) is 38.4 Å². The van der Waals surface area contributed by atoms with Crippen LogP contribution < -0.4 is 9.47 Å². The molecule has 8 heteroatoms. The lowest BCUT2D eigenvalue weighted by Crippen LogP contribution is -2.38. The van der Waals surface area contributed by atoms with Gasteiger partial charge < -0.3 is 14.2 Å². The number of morpholine rings is 1. The van der Waals surface area contributed by atoms with Crippen molar-refractivity contribution in [3.05, 3.63) is 23.8 Å². The van der Waals surface area contributed by atoms with Crippen molar-refractivity contribution in [2.75, 3.05) is 59.9 Å². The predicted octanol–water partition coefficient (Wildman–Crippen LogP) is 1.19. The Morgan fingerprint density at radius 1 is 1.20 bits per heavy atom. The van der Waals surface area contributed by atoms with E-state index in [1.807, 2.05) is 6.07 Å². The zero-order valence-corrected chi connectivity index (χ0v) is 16.0. The van der Waals surface area contributed by atoms with Gasteiger partial charge in [0.1, 0.15) is 11.5 Å². The van der Waals surface area contributed by atoms with Gasteiger partial charge in [-0.05, 0) is 19.0 Å². The van der Waals surface area contributed by atoms with Gasteiger partial charge in [-0.3, -0.25) is 4.90 Å². The van der Waals surface area contributed by atoms with Crippen LogP contribution >= 0.6 is 0 Å². The lowest BCUT2D eigenvalue weighted by Gasteiger charge is -2.26. The van der Waals surface area contributed by atoms with Crippen LogP contribution in [0.4, 0.5) is 0 Å². The monoisotopic (exact) mass is 372 g/mol. The number of ether oxygens (including phenoxy) is 3. The normalized spacial score (nSPS) is 16.2. The fourth-order valence-corrected chi connectivity index (χ4v) is 3.91. The summed E-state index contributed by atoms with van der Waals surface area (Å²) in [5.74, 6) is 1.44. The average molecular weight is 372 g/mol. The van der Waals surface area contributed by atoms with E-state index in [2.05, 4.69) is 4.90 Å². The van der Waals surface area contributed by atoms with Gasteiger partial charge in [-0.25, -0.2) is 12.7 Å². The van der Waals surface area contributed by atoms with Crippen LogP contribution in [0, 0.1) is 0 Å². The summed E-state index contributed by atoms with van der Waals surface area (Å²) in [6.45, 7) is 4.25. The van der Waals surface area contributed by atoms with Gasteiger partial charge in [-0.2, -0.15) is 0 Å². The molecule has 2 rings (SSSR count). The smallest absolute Gasteiger partial charge is 0.214 e. The van der Waals surface area contributed by atoms with Crippen molar-refractivity contribution in [3.8, 4) is 11.5 Å². The van der Waals surface area contributed by atoms with Crippen molar-refractivity contribution < 1.29 is 22.6 Å². The Hall–Kier alpha value is -1.35. The molecule has 0 aromatic heterocycles. The molecule has 0 unspecified atom stereocenters. The molecular formula is C17H28N2O5S. The third-order valence-corrected chi connectivity index (χ3v) is 6.23. The number of hydrogen-bond acceptors (Lipinski definition) is 6. The standard InChI is InChI=1S/C17H28N2O5S/c1-18(14-15-5-6-16(22-2)13-17(15)23-3)25(20,21)12-4-7-19-8-10-24-11-9-19/h5-6,13H,4,7-12,14H2,1-3H3. The average Bonchev–Trinajstić information content (AvgIpc) is 2.62. The maximum absolute atomic E-state index is 12.5. The molecule has 0 N–H and O–H groups in total. The van der Waals surface area contributed by atoms with Crippen LogP contribution in [-0.4, -0.2) is 77.5 Å². The first-order valence-electron chi connectivity index (χ1n) is 8.41. The molecule has 1 aromatic rings. The third-order valence-electron chi connectivity index (χ3n) is 4.34. The fourth-order valence-electron chi connectivity index (χ4n) is 2.77. The number of methoxy groups -OCH3 is 2. The number of benzene rings is 1. The van der Waals surface area contributed by atoms with Gasteiger partial charge in [-0.15, -0.1) is 0 Å². The van der Waals surface area contributed by atoms with Crippen LogP contribution in [-0.2, 0) is 21.3 Å². The Labute approximate surface area is 150 Å². The minimum Gasteiger partial charge on any atom is -0.497 e. The van der Waals surface area contributed by atoms with E-state index in [-0.39, 0.29) is 12.3 Å². The van der Waals surface area contributed by atoms with Gasteiger partial charge in [0, 0.05) is 38.3 Å². The fraction of sp³-hybridized carbons (Fsp3) is 0.647. The van der Waals surface area contributed by atoms with Crippen molar-refractivity contribution >= 4 is 10.0 Å². The van der Waals surface area contributed by atoms with Crippen LogP contribution in [0.25, 0.3) is 0 Å². The van der Waals surface area contributed by atoms with Crippen molar-refractivity contribution in [1.29, 1.82) is 0 Å². The van der Waals surface area contributed by atoms with Gasteiger partial charge >= 0.3 is 0 Å². The Kier molecular flexibility index (Phi) is 7.49. The molecule has 0 spiro atoms. The second-order valence-electron chi connectivity index (χ2n) is 6.06. The van der Waals surface area contributed by atoms with E-state index in [0.29, 0.717) is 17.9 Å². The summed E-state index contributed by atoms with van der Waals surface area (Å²) < 4.78 is 42.2. The topological polar surface area (TPSA) is 68.3 Å². The number of hydrogen-bond donors (Lipinski definition) is 0. The Morgan fingerprint density at radius 2 is 1.92 bits per heavy atom. The maximum atomic E-state index is 12.5. The van der Waals surface area contributed by atoms with Crippen LogP contribution in [0.15, 0.2) is 18.2 Å². The largest absolute Gasteiger partial charge is 0.497 e. The summed E-state index contributed by atoms with van der Waals surface area (Å²) in [6.07, 6.45) is 0.617. The molecule has 0 saturated carbocycles. The van der Waals surface area contributed by atoms with E-state index in [1.165, 1.54) is 4.31 Å². The second-order valence-corrected chi connectivity index (χ2v) is 8.25. The van der Waals surface area contributed by atoms with Crippen LogP contribution in [0.3, 0.4) is 0 Å². The van der Waals surface area contributed by atoms with Crippen LogP contribution in [0.1, 0.15) is 12.0 Å². The molecule has 142 valence electrons. The molecule has 0 atom stereocenters. The van der Waals surface area contributed by atoms with E-state index < -0.39 is 10.0 Å². The van der Waals surface area contributed by atoms with E-state index in [4.69, 9.17) is 14.2 Å². The molecular weight excluding hydrogens is 344 g/mol. The highest BCUT2D eigenvalue weighted by Crippen LogP contribution is 2.26. The van der Waals surface area contributed by atoms with Gasteiger partial charge in [0.05, 0.1) is 33.2 Å². The summed E-state index contributed by atoms with van der Waals surface area (Å²) in [4.78, 5) is 2.24. The van der Waals surface area contributed by atoms with Gasteiger partial charge in [0.2, 0.25) is 10.0 Å². The first-order chi connectivity index (χ1) is 12.0. The minimum atomic E-state index is -3.31. The Balaban J connectivity index is 1.90. The third kappa shape index (κ3) is 5.85. The molecule has 7 nitrogen and oxygen atoms in total. The summed E-state index contributed by atoms with van der Waals surface area (Å²) in [5.41, 5.74) is 0.808. The summed E-state index contributed by atoms with van der Waals surface area (Å²) >= 11 is 0. The van der Waals surface area contributed by atoms with Crippen molar-refractivity contribution in [2.45, 2.75) is 13.0 Å². The lowest BCUT2D eigenvalue weighted by molar-refractivity contribution is 0.0380. The molecule has 1 aliphatic rings. The molecule has 25 heavy (non-hydrogen) atoms. The maximum Gasteiger partial charge on any atom is 0.214 e. The molecule has 1 aliphatic heterocycles. The van der Waals surface area contributed by atoms with Crippen molar-refractivity contribution in [2.24, 2.45) is 0 Å². The highest BCUT2D eigenvalue weighted by atomic mass is 32.2. The minimum absolute atomic E-state index is 0.138. The Morgan fingerprint density at radius 3 is 2.56 bits per heavy atom. The molecule has 1 heterocycles. The SMILES string of the molecule is COc1ccc(CN(C)S(=O)(=O)CCCN2CCOCC2)c(OC)c1. The molecule has 0 radical (unpaired) electrons. The highest BCUT2D eigenvalue weighted by Gasteiger charge is 2.20. The number of nitrogens with zero attached hydrogens (tertiary/aromatic N) is 2. The predicted molar refractivity (Wildman–Crippen MR) is 96.7 cm³/mol. The van der Waals surface area contributed by atoms with E-state index in [1.54, 1.807) is 33.4 Å². The van der Waals surface area contributed by atoms with E-state index >= 15 is 0 Å². The molecule has 1 aromatic carbocycles. The summed E-state index contributed by atoms with van der Waals surface area (Å²) in [6, 6.07) is 5.39. The zero-order chi connectivity index (χ0) is 18.3. The van der Waals surface area contributed by atoms with Crippen molar-refractivity contribution in [3.63, 3.8) is 0 Å². The van der Waals surface area contributed by atoms with E-state index in [9.17, 15) is 8.42 Å². The number of sulfonamides is 1. The quantitative estimate of drug-likeness (QED) is 0.649. The number of rotatable bonds is 9. The van der Waals surface area contributed by atoms with Gasteiger partial charge in [0.15, 0.2) is 0 Å². The molecule has 1 saturated heterocycles. The second kappa shape index (κ2) is 9.38. The van der Waals surface area contributed by atoms with Crippen LogP contribution in [0.5, 0.6) is 11.5 Å². The van der Waals surface area contributed by atoms with Gasteiger partial charge in [0.25, 0.3) is 0 Å². The first-order valence-corrected chi connectivity index (χ1v) is 10.0. The van der Waals surface area contributed by atoms with Crippen LogP contribution in [0.2, 0.25) is 0 Å². The molecule has 1 fully saturated rings. The molecule has 0 aliphatic carbocycles. The molecule has 0 bridgehead atoms.